The molecule has 0 bridgehead atoms. The highest BCUT2D eigenvalue weighted by Gasteiger charge is 2.41. The van der Waals surface area contributed by atoms with Crippen molar-refractivity contribution in [2.45, 2.75) is 45.8 Å². The lowest BCUT2D eigenvalue weighted by atomic mass is 10.1. The number of amides is 1. The minimum atomic E-state index is -0.905. The zero-order valence-electron chi connectivity index (χ0n) is 15.7. The van der Waals surface area contributed by atoms with Gasteiger partial charge in [-0.05, 0) is 25.8 Å². The van der Waals surface area contributed by atoms with Crippen LogP contribution in [0, 0.1) is 10.1 Å². The Kier molecular flexibility index (Phi) is 7.12. The zero-order valence-corrected chi connectivity index (χ0v) is 15.7. The van der Waals surface area contributed by atoms with Gasteiger partial charge in [0.15, 0.2) is 6.10 Å². The van der Waals surface area contributed by atoms with E-state index in [2.05, 4.69) is 0 Å². The van der Waals surface area contributed by atoms with Crippen molar-refractivity contribution in [3.8, 4) is 5.75 Å². The molecule has 9 heteroatoms. The van der Waals surface area contributed by atoms with Crippen LogP contribution in [0.4, 0.5) is 11.4 Å². The summed E-state index contributed by atoms with van der Waals surface area (Å²) >= 11 is 0. The lowest BCUT2D eigenvalue weighted by Crippen LogP contribution is -2.53. The Hall–Kier alpha value is -2.68. The summed E-state index contributed by atoms with van der Waals surface area (Å²) in [5.74, 6) is -0.675. The average Bonchev–Trinajstić information content (AvgIpc) is 2.66. The molecule has 148 valence electrons. The quantitative estimate of drug-likeness (QED) is 0.280. The molecule has 1 heterocycles. The number of esters is 1. The van der Waals surface area contributed by atoms with Crippen LogP contribution in [-0.4, -0.2) is 48.8 Å². The molecule has 0 spiro atoms. The monoisotopic (exact) mass is 380 g/mol. The first-order valence-corrected chi connectivity index (χ1v) is 8.97. The number of hydrogen-bond acceptors (Lipinski definition) is 7. The highest BCUT2D eigenvalue weighted by Crippen LogP contribution is 2.39. The number of non-ortho nitro benzene ring substituents is 1. The number of carbonyl (C=O) groups is 2. The van der Waals surface area contributed by atoms with Crippen LogP contribution >= 0.6 is 0 Å². The maximum atomic E-state index is 12.9. The summed E-state index contributed by atoms with van der Waals surface area (Å²) in [4.78, 5) is 37.3. The zero-order chi connectivity index (χ0) is 20.0. The first-order valence-electron chi connectivity index (χ1n) is 8.97. The van der Waals surface area contributed by atoms with E-state index in [0.717, 1.165) is 0 Å². The van der Waals surface area contributed by atoms with Gasteiger partial charge in [-0.15, -0.1) is 0 Å². The predicted octanol–water partition coefficient (Wildman–Crippen LogP) is 2.46. The second-order valence-corrected chi connectivity index (χ2v) is 5.92. The van der Waals surface area contributed by atoms with E-state index >= 15 is 0 Å². The van der Waals surface area contributed by atoms with E-state index in [-0.39, 0.29) is 31.0 Å². The van der Waals surface area contributed by atoms with Gasteiger partial charge in [0.1, 0.15) is 18.4 Å². The van der Waals surface area contributed by atoms with Gasteiger partial charge in [-0.3, -0.25) is 19.8 Å². The number of anilines is 1. The minimum Gasteiger partial charge on any atom is -0.478 e. The maximum Gasteiger partial charge on any atom is 0.329 e. The van der Waals surface area contributed by atoms with E-state index < -0.39 is 28.9 Å². The van der Waals surface area contributed by atoms with Gasteiger partial charge in [0.25, 0.3) is 11.6 Å². The van der Waals surface area contributed by atoms with E-state index in [1.165, 1.54) is 23.1 Å². The summed E-state index contributed by atoms with van der Waals surface area (Å²) in [6, 6.07) is 3.09. The number of carbonyl (C=O) groups excluding carboxylic acids is 2. The summed E-state index contributed by atoms with van der Waals surface area (Å²) in [5.41, 5.74) is 0.0113. The summed E-state index contributed by atoms with van der Waals surface area (Å²) in [6.45, 7) is 6.20. The van der Waals surface area contributed by atoms with Crippen LogP contribution in [0.5, 0.6) is 5.75 Å². The third-order valence-electron chi connectivity index (χ3n) is 4.21. The van der Waals surface area contributed by atoms with E-state index in [4.69, 9.17) is 14.2 Å². The molecule has 2 atom stereocenters. The summed E-state index contributed by atoms with van der Waals surface area (Å²) in [5, 5.41) is 11.1. The van der Waals surface area contributed by atoms with Crippen LogP contribution in [-0.2, 0) is 19.1 Å². The maximum absolute atomic E-state index is 12.9. The number of nitro groups is 1. The molecule has 1 aliphatic heterocycles. The molecule has 2 rings (SSSR count). The van der Waals surface area contributed by atoms with Crippen molar-refractivity contribution in [1.82, 2.24) is 0 Å². The molecule has 0 N–H and O–H groups in total. The second-order valence-electron chi connectivity index (χ2n) is 5.92. The predicted molar refractivity (Wildman–Crippen MR) is 96.8 cm³/mol. The molecule has 0 aromatic heterocycles. The molecule has 2 unspecified atom stereocenters. The molecule has 9 nitrogen and oxygen atoms in total. The molecule has 0 radical (unpaired) electrons. The third kappa shape index (κ3) is 4.54. The molecule has 27 heavy (non-hydrogen) atoms. The standard InChI is InChI=1S/C18H24N2O7/c1-4-13(18(22)26-10-9-25-6-3)19-14-11-12(20(23)24)7-8-16(14)27-15(5-2)17(19)21/h7-8,11,13,15H,4-6,9-10H2,1-3H3. The van der Waals surface area contributed by atoms with Crippen LogP contribution < -0.4 is 9.64 Å². The highest BCUT2D eigenvalue weighted by molar-refractivity contribution is 6.04. The van der Waals surface area contributed by atoms with Crippen molar-refractivity contribution in [1.29, 1.82) is 0 Å². The van der Waals surface area contributed by atoms with Crippen LogP contribution in [0.1, 0.15) is 33.6 Å². The molecule has 0 aliphatic carbocycles. The third-order valence-corrected chi connectivity index (χ3v) is 4.21. The van der Waals surface area contributed by atoms with Crippen LogP contribution in [0.3, 0.4) is 0 Å². The van der Waals surface area contributed by atoms with Crippen molar-refractivity contribution in [3.63, 3.8) is 0 Å². The normalized spacial score (nSPS) is 17.1. The van der Waals surface area contributed by atoms with Gasteiger partial charge < -0.3 is 14.2 Å². The van der Waals surface area contributed by atoms with E-state index in [1.54, 1.807) is 13.8 Å². The van der Waals surface area contributed by atoms with Crippen molar-refractivity contribution in [3.05, 3.63) is 28.3 Å². The number of hydrogen-bond donors (Lipinski definition) is 0. The number of fused-ring (bicyclic) bond motifs is 1. The molecule has 0 saturated heterocycles. The second kappa shape index (κ2) is 9.31. The Labute approximate surface area is 157 Å². The number of benzene rings is 1. The molecular weight excluding hydrogens is 356 g/mol. The fourth-order valence-electron chi connectivity index (χ4n) is 2.86. The highest BCUT2D eigenvalue weighted by atomic mass is 16.6. The number of ether oxygens (including phenoxy) is 3. The van der Waals surface area contributed by atoms with E-state index in [1.807, 2.05) is 6.92 Å². The Bertz CT molecular complexity index is 707. The molecule has 0 fully saturated rings. The largest absolute Gasteiger partial charge is 0.478 e. The molecule has 1 aromatic carbocycles. The van der Waals surface area contributed by atoms with Gasteiger partial charge in [-0.25, -0.2) is 4.79 Å². The Morgan fingerprint density at radius 1 is 1.33 bits per heavy atom. The molecule has 1 aliphatic rings. The van der Waals surface area contributed by atoms with Gasteiger partial charge in [0.05, 0.1) is 17.2 Å². The van der Waals surface area contributed by atoms with Crippen LogP contribution in [0.15, 0.2) is 18.2 Å². The summed E-state index contributed by atoms with van der Waals surface area (Å²) in [6.07, 6.45) is -0.0662. The van der Waals surface area contributed by atoms with Crippen molar-refractivity contribution >= 4 is 23.3 Å². The van der Waals surface area contributed by atoms with Crippen molar-refractivity contribution < 1.29 is 28.7 Å². The summed E-state index contributed by atoms with van der Waals surface area (Å²) in [7, 11) is 0. The van der Waals surface area contributed by atoms with E-state index in [9.17, 15) is 19.7 Å². The van der Waals surface area contributed by atoms with Gasteiger partial charge >= 0.3 is 5.97 Å². The van der Waals surface area contributed by atoms with Crippen LogP contribution in [0.2, 0.25) is 0 Å². The lowest BCUT2D eigenvalue weighted by molar-refractivity contribution is -0.384. The van der Waals surface area contributed by atoms with Gasteiger partial charge in [0.2, 0.25) is 0 Å². The van der Waals surface area contributed by atoms with Gasteiger partial charge in [-0.2, -0.15) is 0 Å². The number of nitrogens with zero attached hydrogens (tertiary/aromatic N) is 2. The SMILES string of the molecule is CCOCCOC(=O)C(CC)N1C(=O)C(CC)Oc2ccc([N+](=O)[O-])cc21. The molecule has 1 amide bonds. The van der Waals surface area contributed by atoms with Crippen molar-refractivity contribution in [2.75, 3.05) is 24.7 Å². The average molecular weight is 380 g/mol. The lowest BCUT2D eigenvalue weighted by Gasteiger charge is -2.37. The summed E-state index contributed by atoms with van der Waals surface area (Å²) < 4.78 is 16.0. The topological polar surface area (TPSA) is 108 Å². The van der Waals surface area contributed by atoms with Gasteiger partial charge in [0, 0.05) is 18.7 Å². The van der Waals surface area contributed by atoms with Crippen LogP contribution in [0.25, 0.3) is 0 Å². The van der Waals surface area contributed by atoms with Gasteiger partial charge in [-0.1, -0.05) is 13.8 Å². The fourth-order valence-corrected chi connectivity index (χ4v) is 2.86. The first kappa shape index (κ1) is 20.6. The van der Waals surface area contributed by atoms with E-state index in [0.29, 0.717) is 18.8 Å². The number of nitro benzene ring substituents is 1. The minimum absolute atomic E-state index is 0.0701. The number of rotatable bonds is 9. The Morgan fingerprint density at radius 2 is 2.07 bits per heavy atom. The molecule has 0 saturated carbocycles. The molecule has 1 aromatic rings. The fraction of sp³-hybridized carbons (Fsp3) is 0.556. The smallest absolute Gasteiger partial charge is 0.329 e. The Balaban J connectivity index is 2.36. The Morgan fingerprint density at radius 3 is 2.67 bits per heavy atom. The first-order chi connectivity index (χ1) is 12.9. The van der Waals surface area contributed by atoms with Crippen molar-refractivity contribution in [2.24, 2.45) is 0 Å². The molecular formula is C18H24N2O7.